The van der Waals surface area contributed by atoms with E-state index in [0.29, 0.717) is 5.69 Å². The molecule has 1 atom stereocenters. The van der Waals surface area contributed by atoms with Crippen molar-refractivity contribution < 1.29 is 13.2 Å². The molecule has 1 heterocycles. The van der Waals surface area contributed by atoms with E-state index in [2.05, 4.69) is 20.2 Å². The fraction of sp³-hybridized carbons (Fsp3) is 0.333. The van der Waals surface area contributed by atoms with Gasteiger partial charge in [-0.2, -0.15) is 5.10 Å². The molecule has 12 heteroatoms. The van der Waals surface area contributed by atoms with Crippen molar-refractivity contribution >= 4 is 33.4 Å². The van der Waals surface area contributed by atoms with Gasteiger partial charge in [0.05, 0.1) is 10.1 Å². The summed E-state index contributed by atoms with van der Waals surface area (Å²) in [5, 5.41) is 7.59. The number of thioether (sulfide) groups is 1. The van der Waals surface area contributed by atoms with Crippen LogP contribution in [0.5, 0.6) is 0 Å². The first-order valence-corrected chi connectivity index (χ1v) is 10.2. The van der Waals surface area contributed by atoms with Gasteiger partial charge in [0.2, 0.25) is 15.9 Å². The molecule has 0 radical (unpaired) electrons. The maximum absolute atomic E-state index is 12.2. The molecule has 27 heavy (non-hydrogen) atoms. The standard InChI is InChI=1S/C15H19N5O5S2/c1-8(2)20-27(24,25)11-6-4-10(5-7-11)16-12(21)9(3)26-14-13(22)17-15(23)19-18-14/h4-9,20H,1-3H3,(H,16,21)(H2,17,19,22,23)/t9-/m1/s1. The second-order valence-corrected chi connectivity index (χ2v) is 8.91. The quantitative estimate of drug-likeness (QED) is 0.475. The van der Waals surface area contributed by atoms with Crippen LogP contribution >= 0.6 is 11.8 Å². The van der Waals surface area contributed by atoms with Crippen molar-refractivity contribution in [1.82, 2.24) is 19.9 Å². The van der Waals surface area contributed by atoms with E-state index < -0.39 is 32.4 Å². The molecule has 0 unspecified atom stereocenters. The molecule has 10 nitrogen and oxygen atoms in total. The SMILES string of the molecule is CC(C)NS(=O)(=O)c1ccc(NC(=O)[C@@H](C)Sc2n[nH]c(=O)[nH]c2=O)cc1. The Labute approximate surface area is 159 Å². The van der Waals surface area contributed by atoms with Gasteiger partial charge >= 0.3 is 5.69 Å². The molecular formula is C15H19N5O5S2. The highest BCUT2D eigenvalue weighted by atomic mass is 32.2. The van der Waals surface area contributed by atoms with Gasteiger partial charge in [0, 0.05) is 11.7 Å². The Kier molecular flexibility index (Phi) is 6.57. The number of rotatable bonds is 7. The Hall–Kier alpha value is -2.44. The average molecular weight is 413 g/mol. The Morgan fingerprint density at radius 3 is 2.33 bits per heavy atom. The molecule has 2 rings (SSSR count). The van der Waals surface area contributed by atoms with Crippen LogP contribution in [0.15, 0.2) is 43.8 Å². The molecule has 0 saturated carbocycles. The first-order valence-electron chi connectivity index (χ1n) is 7.87. The highest BCUT2D eigenvalue weighted by molar-refractivity contribution is 8.00. The van der Waals surface area contributed by atoms with Gasteiger partial charge in [0.25, 0.3) is 5.56 Å². The first-order chi connectivity index (χ1) is 12.6. The summed E-state index contributed by atoms with van der Waals surface area (Å²) in [5.41, 5.74) is -1.02. The van der Waals surface area contributed by atoms with Gasteiger partial charge in [-0.15, -0.1) is 0 Å². The normalized spacial score (nSPS) is 12.7. The molecule has 0 bridgehead atoms. The van der Waals surface area contributed by atoms with Crippen LogP contribution in [-0.4, -0.2) is 40.8 Å². The number of anilines is 1. The summed E-state index contributed by atoms with van der Waals surface area (Å²) in [4.78, 5) is 36.9. The third-order valence-electron chi connectivity index (χ3n) is 3.16. The van der Waals surface area contributed by atoms with E-state index in [9.17, 15) is 22.8 Å². The molecule has 2 aromatic rings. The number of sulfonamides is 1. The summed E-state index contributed by atoms with van der Waals surface area (Å²) >= 11 is 0.878. The van der Waals surface area contributed by atoms with Crippen molar-refractivity contribution in [2.24, 2.45) is 0 Å². The van der Waals surface area contributed by atoms with Crippen molar-refractivity contribution in [2.45, 2.75) is 42.0 Å². The molecule has 0 fully saturated rings. The lowest BCUT2D eigenvalue weighted by molar-refractivity contribution is -0.115. The molecule has 1 amide bonds. The molecule has 4 N–H and O–H groups in total. The average Bonchev–Trinajstić information content (AvgIpc) is 2.56. The summed E-state index contributed by atoms with van der Waals surface area (Å²) < 4.78 is 26.6. The van der Waals surface area contributed by atoms with E-state index in [1.807, 2.05) is 4.98 Å². The highest BCUT2D eigenvalue weighted by Gasteiger charge is 2.19. The number of H-pyrrole nitrogens is 2. The number of carbonyl (C=O) groups is 1. The lowest BCUT2D eigenvalue weighted by Gasteiger charge is -2.12. The Balaban J connectivity index is 2.05. The third kappa shape index (κ3) is 5.77. The number of nitrogens with one attached hydrogen (secondary N) is 4. The third-order valence-corrected chi connectivity index (χ3v) is 5.90. The lowest BCUT2D eigenvalue weighted by atomic mass is 10.3. The maximum atomic E-state index is 12.2. The van der Waals surface area contributed by atoms with Crippen LogP contribution in [-0.2, 0) is 14.8 Å². The number of nitrogens with zero attached hydrogens (tertiary/aromatic N) is 1. The summed E-state index contributed by atoms with van der Waals surface area (Å²) in [6, 6.07) is 5.46. The van der Waals surface area contributed by atoms with Gasteiger partial charge in [-0.1, -0.05) is 11.8 Å². The van der Waals surface area contributed by atoms with E-state index in [1.54, 1.807) is 20.8 Å². The molecular weight excluding hydrogens is 394 g/mol. The van der Waals surface area contributed by atoms with Crippen molar-refractivity contribution in [2.75, 3.05) is 5.32 Å². The smallest absolute Gasteiger partial charge is 0.325 e. The minimum absolute atomic E-state index is 0.0431. The lowest BCUT2D eigenvalue weighted by Crippen LogP contribution is -2.30. The zero-order valence-electron chi connectivity index (χ0n) is 14.8. The molecule has 0 aliphatic rings. The highest BCUT2D eigenvalue weighted by Crippen LogP contribution is 2.19. The van der Waals surface area contributed by atoms with Crippen LogP contribution in [0.1, 0.15) is 20.8 Å². The fourth-order valence-corrected chi connectivity index (χ4v) is 3.99. The largest absolute Gasteiger partial charge is 0.342 e. The Morgan fingerprint density at radius 2 is 1.78 bits per heavy atom. The predicted molar refractivity (Wildman–Crippen MR) is 101 cm³/mol. The predicted octanol–water partition coefficient (Wildman–Crippen LogP) is 0.264. The molecule has 146 valence electrons. The number of amides is 1. The van der Waals surface area contributed by atoms with Gasteiger partial charge in [0.15, 0.2) is 5.03 Å². The molecule has 1 aromatic heterocycles. The molecule has 1 aromatic carbocycles. The van der Waals surface area contributed by atoms with Crippen LogP contribution < -0.4 is 21.3 Å². The Morgan fingerprint density at radius 1 is 1.15 bits per heavy atom. The minimum Gasteiger partial charge on any atom is -0.325 e. The minimum atomic E-state index is -3.61. The summed E-state index contributed by atoms with van der Waals surface area (Å²) in [7, 11) is -3.61. The van der Waals surface area contributed by atoms with Crippen LogP contribution in [0.3, 0.4) is 0 Å². The van der Waals surface area contributed by atoms with E-state index in [1.165, 1.54) is 24.3 Å². The number of carbonyl (C=O) groups excluding carboxylic acids is 1. The zero-order chi connectivity index (χ0) is 20.2. The van der Waals surface area contributed by atoms with Gasteiger partial charge in [0.1, 0.15) is 0 Å². The van der Waals surface area contributed by atoms with Crippen molar-refractivity contribution in [3.05, 3.63) is 45.1 Å². The van der Waals surface area contributed by atoms with Crippen LogP contribution in [0, 0.1) is 0 Å². The number of hydrogen-bond donors (Lipinski definition) is 4. The topological polar surface area (TPSA) is 154 Å². The van der Waals surface area contributed by atoms with Gasteiger partial charge in [-0.3, -0.25) is 14.6 Å². The monoisotopic (exact) mass is 413 g/mol. The molecule has 0 aliphatic carbocycles. The summed E-state index contributed by atoms with van der Waals surface area (Å²) in [6.07, 6.45) is 0. The van der Waals surface area contributed by atoms with Crippen LogP contribution in [0.2, 0.25) is 0 Å². The van der Waals surface area contributed by atoms with E-state index in [-0.39, 0.29) is 16.0 Å². The van der Waals surface area contributed by atoms with Gasteiger partial charge < -0.3 is 5.32 Å². The van der Waals surface area contributed by atoms with E-state index in [4.69, 9.17) is 0 Å². The zero-order valence-corrected chi connectivity index (χ0v) is 16.4. The van der Waals surface area contributed by atoms with E-state index >= 15 is 0 Å². The first kappa shape index (κ1) is 20.9. The van der Waals surface area contributed by atoms with Crippen LogP contribution in [0.4, 0.5) is 5.69 Å². The number of aromatic amines is 2. The van der Waals surface area contributed by atoms with Gasteiger partial charge in [-0.05, 0) is 45.0 Å². The summed E-state index contributed by atoms with van der Waals surface area (Å²) in [6.45, 7) is 5.00. The second-order valence-electron chi connectivity index (χ2n) is 5.86. The maximum Gasteiger partial charge on any atom is 0.342 e. The Bertz CT molecular complexity index is 1030. The fourth-order valence-electron chi connectivity index (χ4n) is 1.98. The van der Waals surface area contributed by atoms with Gasteiger partial charge in [-0.25, -0.2) is 23.0 Å². The van der Waals surface area contributed by atoms with Crippen molar-refractivity contribution in [3.8, 4) is 0 Å². The van der Waals surface area contributed by atoms with Crippen LogP contribution in [0.25, 0.3) is 0 Å². The molecule has 0 aliphatic heterocycles. The number of benzene rings is 1. The van der Waals surface area contributed by atoms with Crippen molar-refractivity contribution in [3.63, 3.8) is 0 Å². The van der Waals surface area contributed by atoms with Crippen molar-refractivity contribution in [1.29, 1.82) is 0 Å². The summed E-state index contributed by atoms with van der Waals surface area (Å²) in [5.74, 6) is -0.414. The van der Waals surface area contributed by atoms with E-state index in [0.717, 1.165) is 11.8 Å². The number of aromatic nitrogens is 3. The number of hydrogen-bond acceptors (Lipinski definition) is 7. The molecule has 0 spiro atoms. The molecule has 0 saturated heterocycles. The second kappa shape index (κ2) is 8.50.